The largest absolute Gasteiger partial charge is 0.496 e. The van der Waals surface area contributed by atoms with Crippen LogP contribution in [0.15, 0.2) is 18.2 Å². The second-order valence-corrected chi connectivity index (χ2v) is 2.32. The van der Waals surface area contributed by atoms with Crippen LogP contribution in [0.5, 0.6) is 11.5 Å². The van der Waals surface area contributed by atoms with Crippen LogP contribution >= 0.6 is 0 Å². The zero-order valence-corrected chi connectivity index (χ0v) is 7.37. The SMILES string of the molecule is [2H]OC(=O)c1c(OC)cccc1OC. The Bertz CT molecular complexity index is 315. The van der Waals surface area contributed by atoms with Crippen molar-refractivity contribution in [3.63, 3.8) is 0 Å². The summed E-state index contributed by atoms with van der Waals surface area (Å²) in [4.78, 5) is 11.2. The van der Waals surface area contributed by atoms with E-state index in [4.69, 9.17) is 10.9 Å². The van der Waals surface area contributed by atoms with Crippen molar-refractivity contribution in [2.45, 2.75) is 0 Å². The van der Waals surface area contributed by atoms with Crippen LogP contribution in [0.4, 0.5) is 0 Å². The lowest BCUT2D eigenvalue weighted by molar-refractivity contribution is 0.0689. The Kier molecular flexibility index (Phi) is 2.31. The van der Waals surface area contributed by atoms with Gasteiger partial charge < -0.3 is 14.6 Å². The van der Waals surface area contributed by atoms with E-state index in [-0.39, 0.29) is 5.56 Å². The molecule has 4 nitrogen and oxygen atoms in total. The van der Waals surface area contributed by atoms with Gasteiger partial charge >= 0.3 is 5.97 Å². The molecule has 0 radical (unpaired) electrons. The van der Waals surface area contributed by atoms with Crippen LogP contribution < -0.4 is 9.47 Å². The summed E-state index contributed by atoms with van der Waals surface area (Å²) in [5.41, 5.74) is 0.118. The predicted molar refractivity (Wildman–Crippen MR) is 46.5 cm³/mol. The Morgan fingerprint density at radius 1 is 1.38 bits per heavy atom. The summed E-state index contributed by atoms with van der Waals surface area (Å²) in [6, 6.07) is 4.86. The number of carboxylic acid groups (broad SMARTS) is 1. The third-order valence-electron chi connectivity index (χ3n) is 1.63. The maximum Gasteiger partial charge on any atom is 0.343 e. The van der Waals surface area contributed by atoms with Crippen molar-refractivity contribution in [3.8, 4) is 11.5 Å². The summed E-state index contributed by atoms with van der Waals surface area (Å²) < 4.78 is 16.4. The Morgan fingerprint density at radius 2 is 1.92 bits per heavy atom. The molecule has 0 saturated heterocycles. The van der Waals surface area contributed by atoms with Gasteiger partial charge in [-0.2, -0.15) is 0 Å². The van der Waals surface area contributed by atoms with E-state index in [0.717, 1.165) is 0 Å². The third kappa shape index (κ3) is 1.72. The molecule has 70 valence electrons. The van der Waals surface area contributed by atoms with Gasteiger partial charge in [0.2, 0.25) is 0 Å². The molecule has 0 spiro atoms. The standard InChI is InChI=1S/C9H10O4/c1-12-6-4-3-5-7(13-2)8(6)9(10)11/h3-5H,1-2H3,(H,10,11)/i/hD. The number of carbonyl (C=O) groups is 1. The van der Waals surface area contributed by atoms with Crippen molar-refractivity contribution in [1.29, 1.82) is 1.43 Å². The van der Waals surface area contributed by atoms with Crippen LogP contribution in [-0.2, 0) is 0 Å². The molecule has 0 aliphatic carbocycles. The summed E-state index contributed by atoms with van der Waals surface area (Å²) in [6.07, 6.45) is 0. The molecule has 13 heavy (non-hydrogen) atoms. The quantitative estimate of drug-likeness (QED) is 0.769. The highest BCUT2D eigenvalue weighted by atomic mass is 16.5. The summed E-state index contributed by atoms with van der Waals surface area (Å²) in [5.74, 6) is -0.164. The highest BCUT2D eigenvalue weighted by molar-refractivity contribution is 5.94. The monoisotopic (exact) mass is 183 g/mol. The van der Waals surface area contributed by atoms with Crippen LogP contribution in [-0.4, -0.2) is 25.3 Å². The van der Waals surface area contributed by atoms with Gasteiger partial charge in [0.1, 0.15) is 17.1 Å². The molecule has 0 atom stereocenters. The molecule has 4 heteroatoms. The number of ether oxygens (including phenoxy) is 2. The molecule has 1 rings (SSSR count). The average Bonchev–Trinajstić information content (AvgIpc) is 2.26. The van der Waals surface area contributed by atoms with Crippen molar-refractivity contribution in [1.82, 2.24) is 0 Å². The molecule has 0 heterocycles. The third-order valence-corrected chi connectivity index (χ3v) is 1.63. The van der Waals surface area contributed by atoms with Crippen molar-refractivity contribution in [2.24, 2.45) is 0 Å². The lowest BCUT2D eigenvalue weighted by atomic mass is 10.2. The van der Waals surface area contributed by atoms with Gasteiger partial charge in [0.25, 0.3) is 1.43 Å². The van der Waals surface area contributed by atoms with E-state index in [9.17, 15) is 4.79 Å². The normalized spacial score (nSPS) is 10.2. The number of rotatable bonds is 3. The first kappa shape index (κ1) is 7.91. The van der Waals surface area contributed by atoms with Crippen LogP contribution in [0.1, 0.15) is 10.4 Å². The van der Waals surface area contributed by atoms with E-state index < -0.39 is 5.97 Å². The number of carboxylic acids is 1. The van der Waals surface area contributed by atoms with Gasteiger partial charge in [-0.1, -0.05) is 6.07 Å². The van der Waals surface area contributed by atoms with E-state index in [1.54, 1.807) is 18.2 Å². The first-order chi connectivity index (χ1) is 6.74. The smallest absolute Gasteiger partial charge is 0.343 e. The zero-order valence-electron chi connectivity index (χ0n) is 8.37. The van der Waals surface area contributed by atoms with Gasteiger partial charge in [-0.25, -0.2) is 4.79 Å². The fourth-order valence-corrected chi connectivity index (χ4v) is 1.05. The number of methoxy groups -OCH3 is 2. The van der Waals surface area contributed by atoms with Gasteiger partial charge in [-0.3, -0.25) is 0 Å². The topological polar surface area (TPSA) is 55.8 Å². The second kappa shape index (κ2) is 3.80. The minimum absolute atomic E-state index is 0.118. The Hall–Kier alpha value is -1.71. The Labute approximate surface area is 77.2 Å². The first-order valence-electron chi connectivity index (χ1n) is 4.04. The van der Waals surface area contributed by atoms with E-state index in [2.05, 4.69) is 5.11 Å². The molecule has 1 N–H and O–H groups in total. The first-order valence-corrected chi connectivity index (χ1v) is 3.63. The predicted octanol–water partition coefficient (Wildman–Crippen LogP) is 1.40. The summed E-state index contributed by atoms with van der Waals surface area (Å²) in [6.45, 7) is 0. The van der Waals surface area contributed by atoms with Gasteiger partial charge in [0.15, 0.2) is 0 Å². The van der Waals surface area contributed by atoms with Gasteiger partial charge in [-0.15, -0.1) is 0 Å². The number of aromatic carboxylic acids is 1. The van der Waals surface area contributed by atoms with Gasteiger partial charge in [0.05, 0.1) is 14.2 Å². The van der Waals surface area contributed by atoms with Crippen molar-refractivity contribution >= 4 is 5.97 Å². The molecule has 0 aromatic heterocycles. The zero-order chi connectivity index (χ0) is 10.6. The van der Waals surface area contributed by atoms with Crippen LogP contribution in [0.25, 0.3) is 1.43 Å². The maximum atomic E-state index is 11.2. The fourth-order valence-electron chi connectivity index (χ4n) is 1.05. The number of benzene rings is 1. The Balaban J connectivity index is 3.25. The lowest BCUT2D eigenvalue weighted by Crippen LogP contribution is -2.03. The van der Waals surface area contributed by atoms with Crippen LogP contribution in [0.2, 0.25) is 0 Å². The highest BCUT2D eigenvalue weighted by Crippen LogP contribution is 2.27. The second-order valence-electron chi connectivity index (χ2n) is 2.32. The highest BCUT2D eigenvalue weighted by Gasteiger charge is 2.16. The average molecular weight is 183 g/mol. The molecule has 1 aromatic carbocycles. The molecular weight excluding hydrogens is 172 g/mol. The van der Waals surface area contributed by atoms with E-state index >= 15 is 0 Å². The van der Waals surface area contributed by atoms with Crippen molar-refractivity contribution < 1.29 is 19.4 Å². The summed E-state index contributed by atoms with van der Waals surface area (Å²) in [5, 5.41) is 3.87. The maximum absolute atomic E-state index is 11.2. The van der Waals surface area contributed by atoms with Gasteiger partial charge in [0, 0.05) is 0 Å². The number of hydrogen-bond acceptors (Lipinski definition) is 4. The van der Waals surface area contributed by atoms with Crippen molar-refractivity contribution in [3.05, 3.63) is 23.8 Å². The molecule has 0 aliphatic heterocycles. The number of hydrogen-bond donors (Lipinski definition) is 1. The Morgan fingerprint density at radius 3 is 2.31 bits per heavy atom. The molecule has 0 aliphatic rings. The summed E-state index contributed by atoms with van der Waals surface area (Å²) in [7, 11) is 2.85. The lowest BCUT2D eigenvalue weighted by Gasteiger charge is -2.08. The van der Waals surface area contributed by atoms with Crippen LogP contribution in [0, 0.1) is 0 Å². The molecule has 0 amide bonds. The fraction of sp³-hybridized carbons (Fsp3) is 0.222. The minimum Gasteiger partial charge on any atom is -0.496 e. The van der Waals surface area contributed by atoms with Crippen LogP contribution in [0.3, 0.4) is 0 Å². The van der Waals surface area contributed by atoms with E-state index in [1.165, 1.54) is 14.2 Å². The molecule has 0 bridgehead atoms. The molecular formula is C9H10O4. The van der Waals surface area contributed by atoms with E-state index in [0.29, 0.717) is 11.5 Å². The van der Waals surface area contributed by atoms with Crippen molar-refractivity contribution in [2.75, 3.05) is 14.2 Å². The molecule has 0 saturated carbocycles. The molecule has 0 fully saturated rings. The minimum atomic E-state index is -0.806. The summed E-state index contributed by atoms with van der Waals surface area (Å²) >= 11 is 0. The molecule has 1 aromatic rings. The molecule has 0 unspecified atom stereocenters. The van der Waals surface area contributed by atoms with Gasteiger partial charge in [-0.05, 0) is 12.1 Å². The van der Waals surface area contributed by atoms with E-state index in [1.807, 2.05) is 0 Å².